The number of para-hydroxylation sites is 2. The van der Waals surface area contributed by atoms with Gasteiger partial charge in [-0.1, -0.05) is 47.2 Å². The molecule has 0 amide bonds. The summed E-state index contributed by atoms with van der Waals surface area (Å²) in [6.07, 6.45) is 1.50. The maximum atomic E-state index is 12.4. The summed E-state index contributed by atoms with van der Waals surface area (Å²) in [5.41, 5.74) is 2.03. The number of aliphatic hydroxyl groups is 1. The molecule has 34 heavy (non-hydrogen) atoms. The van der Waals surface area contributed by atoms with Gasteiger partial charge in [-0.25, -0.2) is 4.79 Å². The van der Waals surface area contributed by atoms with Crippen LogP contribution in [-0.4, -0.2) is 27.2 Å². The summed E-state index contributed by atoms with van der Waals surface area (Å²) in [7, 11) is -2.59. The van der Waals surface area contributed by atoms with Crippen LogP contribution in [0.4, 0.5) is 0 Å². The minimum atomic E-state index is -2.59. The molecule has 2 atom stereocenters. The lowest BCUT2D eigenvalue weighted by molar-refractivity contribution is -0.169. The first-order valence-electron chi connectivity index (χ1n) is 10.4. The Hall–Kier alpha value is -3.52. The molecule has 0 saturated carbocycles. The number of aryl methyl sites for hydroxylation is 1. The Morgan fingerprint density at radius 2 is 1.79 bits per heavy atom. The van der Waals surface area contributed by atoms with E-state index in [0.29, 0.717) is 16.8 Å². The van der Waals surface area contributed by atoms with Crippen LogP contribution in [0.5, 0.6) is 17.2 Å². The standard InChI is InChI=1S/C24H25N2O7P/c1-16-23(28)20(13-27)19(12-25-16)15-31-21-10-6-7-11-22(21)33-34(30)26-17(2)24(29)32-14-18-8-4-3-5-9-18/h3-12,17,27-28H,13-15H2,1-2H3/t17-/m0/s1. The zero-order chi connectivity index (χ0) is 24.5. The third-order valence-corrected chi connectivity index (χ3v) is 5.72. The van der Waals surface area contributed by atoms with Gasteiger partial charge in [-0.3, -0.25) is 9.51 Å². The van der Waals surface area contributed by atoms with Crippen molar-refractivity contribution in [2.45, 2.75) is 39.7 Å². The molecule has 0 spiro atoms. The number of carbonyl (C=O) groups is 1. The maximum Gasteiger partial charge on any atom is 0.395 e. The summed E-state index contributed by atoms with van der Waals surface area (Å²) in [4.78, 5) is 28.7. The van der Waals surface area contributed by atoms with Gasteiger partial charge in [-0.2, -0.15) is 0 Å². The first kappa shape index (κ1) is 25.1. The number of carbonyl (C=O) groups excluding carboxylic acids is 1. The zero-order valence-electron chi connectivity index (χ0n) is 18.7. The number of ether oxygens (including phenoxy) is 2. The molecule has 3 aromatic rings. The van der Waals surface area contributed by atoms with Crippen molar-refractivity contribution in [3.8, 4) is 17.2 Å². The topological polar surface area (TPSA) is 134 Å². The summed E-state index contributed by atoms with van der Waals surface area (Å²) in [5.74, 6) is -0.289. The van der Waals surface area contributed by atoms with Crippen LogP contribution in [0.2, 0.25) is 0 Å². The Balaban J connectivity index is 1.63. The van der Waals surface area contributed by atoms with Crippen LogP contribution >= 0.6 is 8.17 Å². The molecule has 3 rings (SSSR count). The second-order valence-corrected chi connectivity index (χ2v) is 8.19. The second-order valence-electron chi connectivity index (χ2n) is 7.30. The van der Waals surface area contributed by atoms with E-state index < -0.39 is 20.2 Å². The number of aromatic nitrogens is 1. The average molecular weight is 484 g/mol. The Bertz CT molecular complexity index is 1160. The lowest BCUT2D eigenvalue weighted by Crippen LogP contribution is -2.18. The van der Waals surface area contributed by atoms with E-state index in [0.717, 1.165) is 5.56 Å². The van der Waals surface area contributed by atoms with E-state index in [4.69, 9.17) is 14.0 Å². The van der Waals surface area contributed by atoms with E-state index >= 15 is 0 Å². The largest absolute Gasteiger partial charge is 0.575 e. The Morgan fingerprint density at radius 1 is 1.12 bits per heavy atom. The molecule has 0 aliphatic heterocycles. The molecule has 0 aliphatic carbocycles. The van der Waals surface area contributed by atoms with Gasteiger partial charge in [0.25, 0.3) is 0 Å². The van der Waals surface area contributed by atoms with Crippen molar-refractivity contribution >= 4 is 14.1 Å². The van der Waals surface area contributed by atoms with Crippen LogP contribution < -0.4 is 14.2 Å². The predicted molar refractivity (Wildman–Crippen MR) is 123 cm³/mol. The van der Waals surface area contributed by atoms with Crippen LogP contribution in [0, 0.1) is 6.92 Å². The summed E-state index contributed by atoms with van der Waals surface area (Å²) < 4.78 is 20.2. The van der Waals surface area contributed by atoms with Crippen molar-refractivity contribution in [3.05, 3.63) is 83.2 Å². The van der Waals surface area contributed by atoms with Crippen molar-refractivity contribution in [3.63, 3.8) is 0 Å². The van der Waals surface area contributed by atoms with Gasteiger partial charge >= 0.3 is 14.1 Å². The second kappa shape index (κ2) is 12.1. The quantitative estimate of drug-likeness (QED) is 0.330. The molecule has 178 valence electrons. The molecule has 1 heterocycles. The summed E-state index contributed by atoms with van der Waals surface area (Å²) in [5, 5.41) is 19.7. The third kappa shape index (κ3) is 6.74. The SMILES string of the molecule is Cc1ncc(COc2ccccc2O[P+]([O-])=N[C@@H](C)C(=O)OCc2ccccc2)c(CO)c1O. The van der Waals surface area contributed by atoms with Crippen LogP contribution in [0.1, 0.15) is 29.3 Å². The van der Waals surface area contributed by atoms with Crippen molar-refractivity contribution in [2.24, 2.45) is 4.74 Å². The van der Waals surface area contributed by atoms with Crippen molar-refractivity contribution in [2.75, 3.05) is 0 Å². The number of pyridine rings is 1. The molecule has 1 aromatic heterocycles. The maximum absolute atomic E-state index is 12.4. The highest BCUT2D eigenvalue weighted by atomic mass is 31.1. The molecule has 2 N–H and O–H groups in total. The van der Waals surface area contributed by atoms with Crippen LogP contribution in [0.25, 0.3) is 0 Å². The van der Waals surface area contributed by atoms with E-state index in [1.54, 1.807) is 31.2 Å². The lowest BCUT2D eigenvalue weighted by Gasteiger charge is -2.13. The summed E-state index contributed by atoms with van der Waals surface area (Å²) >= 11 is 0. The highest BCUT2D eigenvalue weighted by Gasteiger charge is 2.20. The normalized spacial score (nSPS) is 12.2. The van der Waals surface area contributed by atoms with Gasteiger partial charge in [0.15, 0.2) is 11.8 Å². The van der Waals surface area contributed by atoms with Crippen LogP contribution in [0.15, 0.2) is 65.5 Å². The van der Waals surface area contributed by atoms with Crippen molar-refractivity contribution < 1.29 is 33.9 Å². The Labute approximate surface area is 198 Å². The molecule has 0 radical (unpaired) electrons. The number of esters is 1. The number of rotatable bonds is 10. The first-order valence-corrected chi connectivity index (χ1v) is 11.6. The van der Waals surface area contributed by atoms with Crippen LogP contribution in [-0.2, 0) is 29.4 Å². The summed E-state index contributed by atoms with van der Waals surface area (Å²) in [6.45, 7) is 2.79. The highest BCUT2D eigenvalue weighted by molar-refractivity contribution is 7.34. The van der Waals surface area contributed by atoms with Gasteiger partial charge < -0.3 is 24.6 Å². The number of aliphatic hydroxyl groups excluding tert-OH is 1. The average Bonchev–Trinajstić information content (AvgIpc) is 2.84. The minimum absolute atomic E-state index is 0.0206. The van der Waals surface area contributed by atoms with E-state index in [9.17, 15) is 19.9 Å². The molecule has 9 nitrogen and oxygen atoms in total. The molecule has 0 aliphatic rings. The Kier molecular flexibility index (Phi) is 8.93. The van der Waals surface area contributed by atoms with E-state index in [-0.39, 0.29) is 37.1 Å². The van der Waals surface area contributed by atoms with E-state index in [1.807, 2.05) is 30.3 Å². The zero-order valence-corrected chi connectivity index (χ0v) is 19.6. The number of aromatic hydroxyl groups is 1. The van der Waals surface area contributed by atoms with Gasteiger partial charge in [-0.15, -0.1) is 0 Å². The highest BCUT2D eigenvalue weighted by Crippen LogP contribution is 2.34. The van der Waals surface area contributed by atoms with Crippen molar-refractivity contribution in [1.29, 1.82) is 0 Å². The Morgan fingerprint density at radius 3 is 2.50 bits per heavy atom. The number of benzene rings is 2. The van der Waals surface area contributed by atoms with Gasteiger partial charge in [0.2, 0.25) is 5.75 Å². The molecular formula is C24H25N2O7P. The predicted octanol–water partition coefficient (Wildman–Crippen LogP) is 3.53. The molecule has 0 saturated heterocycles. The third-order valence-electron chi connectivity index (χ3n) is 4.83. The lowest BCUT2D eigenvalue weighted by atomic mass is 10.1. The fraction of sp³-hybridized carbons (Fsp3) is 0.250. The number of hydrogen-bond donors (Lipinski definition) is 2. The van der Waals surface area contributed by atoms with Gasteiger partial charge in [0, 0.05) is 17.3 Å². The molecule has 0 fully saturated rings. The number of hydrogen-bond acceptors (Lipinski definition) is 9. The van der Waals surface area contributed by atoms with Gasteiger partial charge in [0.1, 0.15) is 19.0 Å². The molecule has 2 aromatic carbocycles. The molecule has 10 heteroatoms. The fourth-order valence-corrected chi connectivity index (χ4v) is 3.67. The first-order chi connectivity index (χ1) is 16.4. The minimum Gasteiger partial charge on any atom is -0.575 e. The molecule has 1 unspecified atom stereocenters. The van der Waals surface area contributed by atoms with Gasteiger partial charge in [0.05, 0.1) is 12.3 Å². The smallest absolute Gasteiger partial charge is 0.395 e. The van der Waals surface area contributed by atoms with Gasteiger partial charge in [-0.05, 0) is 31.5 Å². The van der Waals surface area contributed by atoms with Crippen molar-refractivity contribution in [1.82, 2.24) is 4.98 Å². The van der Waals surface area contributed by atoms with E-state index in [2.05, 4.69) is 9.73 Å². The van der Waals surface area contributed by atoms with Crippen LogP contribution in [0.3, 0.4) is 0 Å². The number of nitrogens with zero attached hydrogens (tertiary/aromatic N) is 2. The monoisotopic (exact) mass is 484 g/mol. The van der Waals surface area contributed by atoms with E-state index in [1.165, 1.54) is 13.1 Å². The fourth-order valence-electron chi connectivity index (χ4n) is 2.93. The molecule has 0 bridgehead atoms. The summed E-state index contributed by atoms with van der Waals surface area (Å²) in [6, 6.07) is 14.7. The molecular weight excluding hydrogens is 459 g/mol.